The van der Waals surface area contributed by atoms with Crippen molar-refractivity contribution < 1.29 is 17.8 Å². The van der Waals surface area contributed by atoms with Crippen LogP contribution in [0.1, 0.15) is 27.2 Å². The predicted octanol–water partition coefficient (Wildman–Crippen LogP) is 0.0824. The first-order valence-corrected chi connectivity index (χ1v) is 6.08. The quantitative estimate of drug-likeness (QED) is 0.667. The largest absolute Gasteiger partial charge is 0.748 e. The van der Waals surface area contributed by atoms with Crippen LogP contribution >= 0.6 is 0 Å². The van der Waals surface area contributed by atoms with Crippen molar-refractivity contribution in [3.63, 3.8) is 0 Å². The number of hydrogen-bond acceptors (Lipinski definition) is 4. The molecule has 0 heterocycles. The van der Waals surface area contributed by atoms with Gasteiger partial charge in [0.2, 0.25) is 5.91 Å². The van der Waals surface area contributed by atoms with Gasteiger partial charge in [0.1, 0.15) is 0 Å². The van der Waals surface area contributed by atoms with Crippen LogP contribution in [0.5, 0.6) is 0 Å². The third kappa shape index (κ3) is 5.93. The maximum atomic E-state index is 11.3. The zero-order valence-electron chi connectivity index (χ0n) is 8.61. The Labute approximate surface area is 84.6 Å². The van der Waals surface area contributed by atoms with E-state index >= 15 is 0 Å². The average molecular weight is 222 g/mol. The Morgan fingerprint density at radius 1 is 1.43 bits per heavy atom. The number of nitrogens with one attached hydrogen (secondary N) is 1. The summed E-state index contributed by atoms with van der Waals surface area (Å²) in [5.74, 6) is -0.940. The molecule has 0 aliphatic rings. The predicted molar refractivity (Wildman–Crippen MR) is 51.6 cm³/mol. The van der Waals surface area contributed by atoms with Crippen LogP contribution in [0.4, 0.5) is 0 Å². The Bertz CT molecular complexity index is 286. The first-order chi connectivity index (χ1) is 6.26. The van der Waals surface area contributed by atoms with Crippen molar-refractivity contribution in [1.29, 1.82) is 0 Å². The summed E-state index contributed by atoms with van der Waals surface area (Å²) in [6.45, 7) is 5.10. The molecule has 0 aliphatic heterocycles. The molecule has 84 valence electrons. The Balaban J connectivity index is 4.07. The highest BCUT2D eigenvalue weighted by atomic mass is 32.2. The summed E-state index contributed by atoms with van der Waals surface area (Å²) < 4.78 is 31.1. The van der Waals surface area contributed by atoms with Crippen LogP contribution in [-0.4, -0.2) is 30.7 Å². The van der Waals surface area contributed by atoms with Gasteiger partial charge in [-0.25, -0.2) is 8.42 Å². The van der Waals surface area contributed by atoms with E-state index in [0.29, 0.717) is 6.42 Å². The molecule has 2 unspecified atom stereocenters. The summed E-state index contributed by atoms with van der Waals surface area (Å²) in [5, 5.41) is 2.47. The highest BCUT2D eigenvalue weighted by Crippen LogP contribution is 2.01. The van der Waals surface area contributed by atoms with Crippen LogP contribution in [0.2, 0.25) is 0 Å². The summed E-state index contributed by atoms with van der Waals surface area (Å²) in [7, 11) is -4.27. The monoisotopic (exact) mass is 222 g/mol. The lowest BCUT2D eigenvalue weighted by Crippen LogP contribution is -2.40. The Kier molecular flexibility index (Phi) is 5.07. The second-order valence-electron chi connectivity index (χ2n) is 3.44. The molecule has 0 aromatic rings. The molecule has 2 atom stereocenters. The highest BCUT2D eigenvalue weighted by Gasteiger charge is 2.14. The van der Waals surface area contributed by atoms with E-state index < -0.39 is 21.9 Å². The minimum absolute atomic E-state index is 0.160. The standard InChI is InChI=1S/C8H17NO4S/c1-4-6(2)8(10)9-7(3)5-14(11,12)13/h6-7H,4-5H2,1-3H3,(H,9,10)(H,11,12,13)/p-1. The van der Waals surface area contributed by atoms with E-state index in [4.69, 9.17) is 0 Å². The maximum Gasteiger partial charge on any atom is 0.223 e. The van der Waals surface area contributed by atoms with Crippen molar-refractivity contribution in [2.24, 2.45) is 5.92 Å². The molecule has 0 saturated carbocycles. The van der Waals surface area contributed by atoms with E-state index in [1.807, 2.05) is 6.92 Å². The van der Waals surface area contributed by atoms with Gasteiger partial charge < -0.3 is 9.87 Å². The van der Waals surface area contributed by atoms with Gasteiger partial charge in [0, 0.05) is 12.0 Å². The summed E-state index contributed by atoms with van der Waals surface area (Å²) >= 11 is 0. The van der Waals surface area contributed by atoms with Crippen molar-refractivity contribution in [2.45, 2.75) is 33.2 Å². The van der Waals surface area contributed by atoms with E-state index in [1.54, 1.807) is 6.92 Å². The molecule has 0 radical (unpaired) electrons. The molecule has 0 fully saturated rings. The van der Waals surface area contributed by atoms with Crippen LogP contribution in [-0.2, 0) is 14.9 Å². The van der Waals surface area contributed by atoms with Gasteiger partial charge in [0.05, 0.1) is 15.9 Å². The molecule has 0 aliphatic carbocycles. The van der Waals surface area contributed by atoms with Crippen molar-refractivity contribution in [3.05, 3.63) is 0 Å². The number of rotatable bonds is 5. The molecule has 0 rings (SSSR count). The molecule has 1 amide bonds. The number of hydrogen-bond donors (Lipinski definition) is 1. The first-order valence-electron chi connectivity index (χ1n) is 4.50. The van der Waals surface area contributed by atoms with E-state index in [-0.39, 0.29) is 11.8 Å². The number of amides is 1. The molecule has 0 saturated heterocycles. The van der Waals surface area contributed by atoms with Crippen LogP contribution < -0.4 is 5.32 Å². The molecule has 1 N–H and O–H groups in total. The molecule has 0 aromatic heterocycles. The summed E-state index contributed by atoms with van der Waals surface area (Å²) in [4.78, 5) is 11.3. The smallest absolute Gasteiger partial charge is 0.223 e. The molecule has 6 heteroatoms. The second kappa shape index (κ2) is 5.31. The first kappa shape index (κ1) is 13.4. The van der Waals surface area contributed by atoms with Gasteiger partial charge in [0.15, 0.2) is 0 Å². The second-order valence-corrected chi connectivity index (χ2v) is 4.89. The van der Waals surface area contributed by atoms with E-state index in [0.717, 1.165) is 0 Å². The SMILES string of the molecule is CCC(C)C(=O)NC(C)CS(=O)(=O)[O-]. The molecule has 0 spiro atoms. The Morgan fingerprint density at radius 3 is 2.29 bits per heavy atom. The molecular formula is C8H16NO4S-. The van der Waals surface area contributed by atoms with Gasteiger partial charge in [-0.3, -0.25) is 4.79 Å². The van der Waals surface area contributed by atoms with Crippen molar-refractivity contribution >= 4 is 16.0 Å². The van der Waals surface area contributed by atoms with Gasteiger partial charge >= 0.3 is 0 Å². The lowest BCUT2D eigenvalue weighted by atomic mass is 10.1. The fourth-order valence-corrected chi connectivity index (χ4v) is 1.61. The van der Waals surface area contributed by atoms with Crippen LogP contribution in [0.15, 0.2) is 0 Å². The van der Waals surface area contributed by atoms with Gasteiger partial charge in [-0.2, -0.15) is 0 Å². The lowest BCUT2D eigenvalue weighted by molar-refractivity contribution is -0.125. The fraction of sp³-hybridized carbons (Fsp3) is 0.875. The van der Waals surface area contributed by atoms with Crippen LogP contribution in [0.3, 0.4) is 0 Å². The maximum absolute atomic E-state index is 11.3. The topological polar surface area (TPSA) is 86.3 Å². The van der Waals surface area contributed by atoms with Crippen LogP contribution in [0, 0.1) is 5.92 Å². The molecule has 5 nitrogen and oxygen atoms in total. The fourth-order valence-electron chi connectivity index (χ4n) is 0.918. The van der Waals surface area contributed by atoms with Gasteiger partial charge in [-0.05, 0) is 13.3 Å². The van der Waals surface area contributed by atoms with Gasteiger partial charge in [0.25, 0.3) is 0 Å². The minimum atomic E-state index is -4.27. The average Bonchev–Trinajstić information content (AvgIpc) is 1.99. The number of carbonyl (C=O) groups is 1. The summed E-state index contributed by atoms with van der Waals surface area (Å²) in [6.07, 6.45) is 0.683. The highest BCUT2D eigenvalue weighted by molar-refractivity contribution is 7.85. The van der Waals surface area contributed by atoms with E-state index in [1.165, 1.54) is 6.92 Å². The Hall–Kier alpha value is -0.620. The summed E-state index contributed by atoms with van der Waals surface area (Å²) in [5.41, 5.74) is 0. The van der Waals surface area contributed by atoms with Crippen molar-refractivity contribution in [1.82, 2.24) is 5.32 Å². The zero-order chi connectivity index (χ0) is 11.4. The number of carbonyl (C=O) groups excluding carboxylic acids is 1. The van der Waals surface area contributed by atoms with Crippen molar-refractivity contribution in [2.75, 3.05) is 5.75 Å². The van der Waals surface area contributed by atoms with Crippen LogP contribution in [0.25, 0.3) is 0 Å². The van der Waals surface area contributed by atoms with E-state index in [9.17, 15) is 17.8 Å². The van der Waals surface area contributed by atoms with Gasteiger partial charge in [-0.15, -0.1) is 0 Å². The minimum Gasteiger partial charge on any atom is -0.748 e. The molecule has 0 aromatic carbocycles. The molecular weight excluding hydrogens is 206 g/mol. The zero-order valence-corrected chi connectivity index (χ0v) is 9.43. The lowest BCUT2D eigenvalue weighted by Gasteiger charge is -2.18. The normalized spacial score (nSPS) is 16.0. The third-order valence-electron chi connectivity index (χ3n) is 1.90. The summed E-state index contributed by atoms with van der Waals surface area (Å²) in [6, 6.07) is -0.626. The molecule has 14 heavy (non-hydrogen) atoms. The van der Waals surface area contributed by atoms with Gasteiger partial charge in [-0.1, -0.05) is 13.8 Å². The Morgan fingerprint density at radius 2 is 1.93 bits per heavy atom. The third-order valence-corrected chi connectivity index (χ3v) is 2.81. The van der Waals surface area contributed by atoms with E-state index in [2.05, 4.69) is 5.32 Å². The van der Waals surface area contributed by atoms with Crippen molar-refractivity contribution in [3.8, 4) is 0 Å². The molecule has 0 bridgehead atoms.